The zero-order valence-corrected chi connectivity index (χ0v) is 16.1. The molecule has 2 aromatic carbocycles. The minimum Gasteiger partial charge on any atom is -0.481 e. The molecule has 0 fully saturated rings. The van der Waals surface area contributed by atoms with Crippen molar-refractivity contribution in [3.05, 3.63) is 58.4 Å². The Morgan fingerprint density at radius 1 is 1.19 bits per heavy atom. The highest BCUT2D eigenvalue weighted by atomic mass is 35.5. The molecule has 0 aliphatic heterocycles. The number of rotatable bonds is 4. The van der Waals surface area contributed by atoms with Crippen LogP contribution < -0.4 is 20.9 Å². The van der Waals surface area contributed by atoms with E-state index in [-0.39, 0.29) is 10.9 Å². The van der Waals surface area contributed by atoms with E-state index in [9.17, 15) is 9.18 Å². The standard InChI is InChI=1S/C18H19ClFN3O2S/c1-10-8-11(2)16(15(19)9-10)21-18(26)23-22-17(24)12(3)25-14-6-4-13(20)5-7-14/h4-9,12H,1-3H3,(H,22,24)(H2,21,23,26)/t12-/m1/s1. The van der Waals surface area contributed by atoms with Crippen LogP contribution in [0.5, 0.6) is 5.75 Å². The van der Waals surface area contributed by atoms with Crippen molar-refractivity contribution >= 4 is 40.5 Å². The molecular formula is C18H19ClFN3O2S. The maximum atomic E-state index is 12.9. The summed E-state index contributed by atoms with van der Waals surface area (Å²) >= 11 is 11.4. The van der Waals surface area contributed by atoms with Gasteiger partial charge < -0.3 is 10.1 Å². The lowest BCUT2D eigenvalue weighted by molar-refractivity contribution is -0.127. The fraction of sp³-hybridized carbons (Fsp3) is 0.222. The monoisotopic (exact) mass is 395 g/mol. The van der Waals surface area contributed by atoms with Gasteiger partial charge in [-0.3, -0.25) is 15.6 Å². The summed E-state index contributed by atoms with van der Waals surface area (Å²) in [6, 6.07) is 9.18. The van der Waals surface area contributed by atoms with E-state index in [1.54, 1.807) is 6.92 Å². The molecule has 8 heteroatoms. The molecule has 3 N–H and O–H groups in total. The number of benzene rings is 2. The lowest BCUT2D eigenvalue weighted by Crippen LogP contribution is -2.48. The summed E-state index contributed by atoms with van der Waals surface area (Å²) in [7, 11) is 0. The number of aryl methyl sites for hydroxylation is 2. The Bertz CT molecular complexity index is 792. The molecule has 0 bridgehead atoms. The van der Waals surface area contributed by atoms with E-state index in [1.807, 2.05) is 26.0 Å². The van der Waals surface area contributed by atoms with E-state index in [4.69, 9.17) is 28.6 Å². The Morgan fingerprint density at radius 3 is 2.46 bits per heavy atom. The molecule has 0 aliphatic carbocycles. The Labute approximate surface area is 161 Å². The third-order valence-electron chi connectivity index (χ3n) is 3.47. The highest BCUT2D eigenvalue weighted by molar-refractivity contribution is 7.80. The second-order valence-corrected chi connectivity index (χ2v) is 6.54. The highest BCUT2D eigenvalue weighted by Gasteiger charge is 2.15. The number of anilines is 1. The topological polar surface area (TPSA) is 62.4 Å². The van der Waals surface area contributed by atoms with Gasteiger partial charge in [-0.05, 0) is 74.4 Å². The number of hydrazine groups is 1. The van der Waals surface area contributed by atoms with Crippen LogP contribution in [0.3, 0.4) is 0 Å². The van der Waals surface area contributed by atoms with Gasteiger partial charge in [0.2, 0.25) is 0 Å². The number of amides is 1. The summed E-state index contributed by atoms with van der Waals surface area (Å²) in [6.07, 6.45) is -0.805. The number of hydrogen-bond acceptors (Lipinski definition) is 3. The van der Waals surface area contributed by atoms with Crippen LogP contribution in [0.2, 0.25) is 5.02 Å². The van der Waals surface area contributed by atoms with Gasteiger partial charge in [0.05, 0.1) is 10.7 Å². The predicted molar refractivity (Wildman–Crippen MR) is 105 cm³/mol. The molecule has 1 atom stereocenters. The number of carbonyl (C=O) groups is 1. The molecule has 0 saturated heterocycles. The van der Waals surface area contributed by atoms with Crippen LogP contribution in [0.15, 0.2) is 36.4 Å². The van der Waals surface area contributed by atoms with E-state index in [1.165, 1.54) is 24.3 Å². The number of thiocarbonyl (C=S) groups is 1. The van der Waals surface area contributed by atoms with Crippen molar-refractivity contribution in [3.63, 3.8) is 0 Å². The second kappa shape index (κ2) is 8.82. The summed E-state index contributed by atoms with van der Waals surface area (Å²) < 4.78 is 18.3. The smallest absolute Gasteiger partial charge is 0.279 e. The van der Waals surface area contributed by atoms with E-state index in [0.717, 1.165) is 11.1 Å². The van der Waals surface area contributed by atoms with Gasteiger partial charge in [-0.15, -0.1) is 0 Å². The van der Waals surface area contributed by atoms with Gasteiger partial charge in [0, 0.05) is 0 Å². The van der Waals surface area contributed by atoms with Crippen LogP contribution in [0, 0.1) is 19.7 Å². The Hall–Kier alpha value is -2.38. The highest BCUT2D eigenvalue weighted by Crippen LogP contribution is 2.27. The molecule has 0 saturated carbocycles. The van der Waals surface area contributed by atoms with Crippen molar-refractivity contribution in [2.45, 2.75) is 26.9 Å². The first-order valence-corrected chi connectivity index (χ1v) is 8.60. The summed E-state index contributed by atoms with van der Waals surface area (Å²) in [5, 5.41) is 3.66. The first-order chi connectivity index (χ1) is 12.3. The second-order valence-electron chi connectivity index (χ2n) is 5.72. The molecule has 0 heterocycles. The van der Waals surface area contributed by atoms with Gasteiger partial charge in [0.1, 0.15) is 11.6 Å². The van der Waals surface area contributed by atoms with Crippen LogP contribution in [-0.2, 0) is 4.79 Å². The number of carbonyl (C=O) groups excluding carboxylic acids is 1. The molecule has 0 aromatic heterocycles. The van der Waals surface area contributed by atoms with Gasteiger partial charge >= 0.3 is 0 Å². The zero-order chi connectivity index (χ0) is 19.3. The molecule has 138 valence electrons. The average Bonchev–Trinajstić information content (AvgIpc) is 2.57. The molecule has 2 rings (SSSR count). The molecule has 26 heavy (non-hydrogen) atoms. The Kier molecular flexibility index (Phi) is 6.76. The molecule has 0 radical (unpaired) electrons. The summed E-state index contributed by atoms with van der Waals surface area (Å²) in [6.45, 7) is 5.42. The van der Waals surface area contributed by atoms with Crippen molar-refractivity contribution in [1.29, 1.82) is 0 Å². The van der Waals surface area contributed by atoms with Crippen LogP contribution in [0.25, 0.3) is 0 Å². The molecule has 0 spiro atoms. The Balaban J connectivity index is 1.86. The lowest BCUT2D eigenvalue weighted by Gasteiger charge is -2.17. The molecule has 5 nitrogen and oxygen atoms in total. The van der Waals surface area contributed by atoms with Crippen LogP contribution in [0.4, 0.5) is 10.1 Å². The number of nitrogens with one attached hydrogen (secondary N) is 3. The van der Waals surface area contributed by atoms with Gasteiger partial charge in [0.25, 0.3) is 5.91 Å². The van der Waals surface area contributed by atoms with Gasteiger partial charge in [-0.1, -0.05) is 17.7 Å². The molecule has 1 amide bonds. The predicted octanol–water partition coefficient (Wildman–Crippen LogP) is 3.88. The Morgan fingerprint density at radius 2 is 1.85 bits per heavy atom. The minimum atomic E-state index is -0.805. The first kappa shape index (κ1) is 19.9. The fourth-order valence-electron chi connectivity index (χ4n) is 2.21. The van der Waals surface area contributed by atoms with E-state index >= 15 is 0 Å². The molecule has 2 aromatic rings. The average molecular weight is 396 g/mol. The molecular weight excluding hydrogens is 377 g/mol. The van der Waals surface area contributed by atoms with Crippen molar-refractivity contribution < 1.29 is 13.9 Å². The lowest BCUT2D eigenvalue weighted by atomic mass is 10.1. The summed E-state index contributed by atoms with van der Waals surface area (Å²) in [5.41, 5.74) is 7.68. The van der Waals surface area contributed by atoms with Crippen LogP contribution in [-0.4, -0.2) is 17.1 Å². The minimum absolute atomic E-state index is 0.182. The summed E-state index contributed by atoms with van der Waals surface area (Å²) in [5.74, 6) is -0.431. The van der Waals surface area contributed by atoms with E-state index in [0.29, 0.717) is 16.5 Å². The zero-order valence-electron chi connectivity index (χ0n) is 14.5. The normalized spacial score (nSPS) is 11.4. The maximum Gasteiger partial charge on any atom is 0.279 e. The third-order valence-corrected chi connectivity index (χ3v) is 3.97. The van der Waals surface area contributed by atoms with Crippen molar-refractivity contribution in [2.24, 2.45) is 0 Å². The van der Waals surface area contributed by atoms with E-state index < -0.39 is 12.0 Å². The number of ether oxygens (including phenoxy) is 1. The van der Waals surface area contributed by atoms with Crippen molar-refractivity contribution in [3.8, 4) is 5.75 Å². The third kappa shape index (κ3) is 5.57. The van der Waals surface area contributed by atoms with Crippen LogP contribution >= 0.6 is 23.8 Å². The fourth-order valence-corrected chi connectivity index (χ4v) is 2.73. The summed E-state index contributed by atoms with van der Waals surface area (Å²) in [4.78, 5) is 12.1. The SMILES string of the molecule is Cc1cc(C)c(NC(=S)NNC(=O)[C@@H](C)Oc2ccc(F)cc2)c(Cl)c1. The van der Waals surface area contributed by atoms with Gasteiger partial charge in [0.15, 0.2) is 11.2 Å². The first-order valence-electron chi connectivity index (χ1n) is 7.82. The van der Waals surface area contributed by atoms with Crippen LogP contribution in [0.1, 0.15) is 18.1 Å². The quantitative estimate of drug-likeness (QED) is 0.541. The number of halogens is 2. The largest absolute Gasteiger partial charge is 0.481 e. The van der Waals surface area contributed by atoms with Gasteiger partial charge in [-0.25, -0.2) is 4.39 Å². The van der Waals surface area contributed by atoms with Crippen molar-refractivity contribution in [2.75, 3.05) is 5.32 Å². The molecule has 0 unspecified atom stereocenters. The van der Waals surface area contributed by atoms with Gasteiger partial charge in [-0.2, -0.15) is 0 Å². The maximum absolute atomic E-state index is 12.9. The van der Waals surface area contributed by atoms with Crippen molar-refractivity contribution in [1.82, 2.24) is 10.9 Å². The number of hydrogen-bond donors (Lipinski definition) is 3. The van der Waals surface area contributed by atoms with E-state index in [2.05, 4.69) is 16.2 Å². The molecule has 0 aliphatic rings.